The van der Waals surface area contributed by atoms with Crippen LogP contribution in [-0.2, 0) is 15.3 Å². The van der Waals surface area contributed by atoms with Crippen LogP contribution in [0, 0.1) is 0 Å². The van der Waals surface area contributed by atoms with Gasteiger partial charge in [0.2, 0.25) is 0 Å². The Morgan fingerprint density at radius 1 is 1.67 bits per heavy atom. The molecule has 0 saturated heterocycles. The van der Waals surface area contributed by atoms with E-state index < -0.39 is 11.0 Å². The van der Waals surface area contributed by atoms with Gasteiger partial charge in [-0.3, -0.25) is 4.28 Å². The SMILES string of the molecule is C=NO[SH](=O)=O. The summed E-state index contributed by atoms with van der Waals surface area (Å²) < 4.78 is 22.1. The average molecular weight is 109 g/mol. The molecule has 0 aromatic carbocycles. The first-order valence-corrected chi connectivity index (χ1v) is 2.14. The lowest BCUT2D eigenvalue weighted by Gasteiger charge is -1.72. The van der Waals surface area contributed by atoms with Crippen LogP contribution in [0.5, 0.6) is 0 Å². The lowest BCUT2D eigenvalue weighted by atomic mass is 11.8. The standard InChI is InChI=1S/CH3NO3S/c1-2-5-6(3)4/h6H,1H2. The van der Waals surface area contributed by atoms with E-state index in [2.05, 4.69) is 16.2 Å². The van der Waals surface area contributed by atoms with Crippen molar-refractivity contribution in [3.8, 4) is 0 Å². The summed E-state index contributed by atoms with van der Waals surface area (Å²) in [6.07, 6.45) is 0. The molecule has 0 aliphatic heterocycles. The molecule has 0 saturated carbocycles. The van der Waals surface area contributed by atoms with E-state index in [1.54, 1.807) is 0 Å². The molecular weight excluding hydrogens is 106 g/mol. The van der Waals surface area contributed by atoms with Crippen molar-refractivity contribution in [2.24, 2.45) is 5.16 Å². The van der Waals surface area contributed by atoms with E-state index in [1.807, 2.05) is 0 Å². The average Bonchev–Trinajstić information content (AvgIpc) is 1.35. The van der Waals surface area contributed by atoms with Crippen molar-refractivity contribution in [1.82, 2.24) is 0 Å². The van der Waals surface area contributed by atoms with Gasteiger partial charge in [0.1, 0.15) is 0 Å². The van der Waals surface area contributed by atoms with E-state index in [-0.39, 0.29) is 0 Å². The normalized spacial score (nSPS) is 8.17. The zero-order valence-electron chi connectivity index (χ0n) is 2.83. The van der Waals surface area contributed by atoms with Crippen LogP contribution in [0.4, 0.5) is 0 Å². The molecular formula is CH3NO3S. The van der Waals surface area contributed by atoms with Crippen LogP contribution in [0.25, 0.3) is 0 Å². The topological polar surface area (TPSA) is 55.7 Å². The Morgan fingerprint density at radius 2 is 2.17 bits per heavy atom. The van der Waals surface area contributed by atoms with Crippen molar-refractivity contribution in [2.75, 3.05) is 0 Å². The van der Waals surface area contributed by atoms with Crippen molar-refractivity contribution in [2.45, 2.75) is 0 Å². The second kappa shape index (κ2) is 2.65. The summed E-state index contributed by atoms with van der Waals surface area (Å²) >= 11 is 0. The van der Waals surface area contributed by atoms with E-state index in [0.717, 1.165) is 0 Å². The zero-order chi connectivity index (χ0) is 4.99. The molecule has 0 N–H and O–H groups in total. The summed E-state index contributed by atoms with van der Waals surface area (Å²) in [5.41, 5.74) is 0. The smallest absolute Gasteiger partial charge is 0.271 e. The molecule has 0 aromatic heterocycles. The fourth-order valence-electron chi connectivity index (χ4n) is 0.0471. The molecule has 0 amide bonds. The molecule has 0 spiro atoms. The Bertz CT molecular complexity index is 97.4. The molecule has 0 bridgehead atoms. The Hall–Kier alpha value is -0.580. The highest BCUT2D eigenvalue weighted by molar-refractivity contribution is 7.67. The summed E-state index contributed by atoms with van der Waals surface area (Å²) in [6.45, 7) is 2.74. The molecule has 6 heavy (non-hydrogen) atoms. The predicted molar refractivity (Wildman–Crippen MR) is 20.9 cm³/mol. The summed E-state index contributed by atoms with van der Waals surface area (Å²) in [4.78, 5) is 0. The number of nitrogens with zero attached hydrogens (tertiary/aromatic N) is 1. The van der Waals surface area contributed by atoms with Crippen LogP contribution in [0.3, 0.4) is 0 Å². The maximum Gasteiger partial charge on any atom is 0.318 e. The lowest BCUT2D eigenvalue weighted by molar-refractivity contribution is 0.360. The van der Waals surface area contributed by atoms with E-state index in [1.165, 1.54) is 0 Å². The van der Waals surface area contributed by atoms with Crippen LogP contribution in [0.1, 0.15) is 0 Å². The minimum Gasteiger partial charge on any atom is -0.271 e. The molecule has 0 unspecified atom stereocenters. The predicted octanol–water partition coefficient (Wildman–Crippen LogP) is -0.855. The summed E-state index contributed by atoms with van der Waals surface area (Å²) in [5.74, 6) is 0. The molecule has 0 fully saturated rings. The van der Waals surface area contributed by atoms with Crippen LogP contribution in [-0.4, -0.2) is 15.1 Å². The first kappa shape index (κ1) is 5.42. The van der Waals surface area contributed by atoms with Gasteiger partial charge in [-0.05, 0) is 0 Å². The first-order chi connectivity index (χ1) is 2.77. The maximum atomic E-state index is 9.28. The van der Waals surface area contributed by atoms with Gasteiger partial charge in [0.15, 0.2) is 0 Å². The molecule has 0 radical (unpaired) electrons. The minimum atomic E-state index is -2.83. The van der Waals surface area contributed by atoms with Crippen molar-refractivity contribution >= 4 is 17.7 Å². The number of thiol groups is 1. The first-order valence-electron chi connectivity index (χ1n) is 1.05. The van der Waals surface area contributed by atoms with E-state index in [0.29, 0.717) is 0 Å². The lowest BCUT2D eigenvalue weighted by Crippen LogP contribution is -1.72. The largest absolute Gasteiger partial charge is 0.318 e. The Labute approximate surface area is 36.6 Å². The van der Waals surface area contributed by atoms with Gasteiger partial charge in [0, 0.05) is 6.72 Å². The molecule has 5 heteroatoms. The van der Waals surface area contributed by atoms with E-state index >= 15 is 0 Å². The van der Waals surface area contributed by atoms with Crippen molar-refractivity contribution < 1.29 is 12.7 Å². The van der Waals surface area contributed by atoms with Gasteiger partial charge in [0.05, 0.1) is 0 Å². The number of oxime groups is 1. The molecule has 0 rings (SSSR count). The number of rotatable bonds is 2. The van der Waals surface area contributed by atoms with E-state index in [4.69, 9.17) is 0 Å². The van der Waals surface area contributed by atoms with Crippen molar-refractivity contribution in [3.63, 3.8) is 0 Å². The summed E-state index contributed by atoms with van der Waals surface area (Å²) in [6, 6.07) is 0. The summed E-state index contributed by atoms with van der Waals surface area (Å²) in [7, 11) is -2.83. The number of hydrogen-bond donors (Lipinski definition) is 1. The van der Waals surface area contributed by atoms with Gasteiger partial charge in [-0.1, -0.05) is 5.16 Å². The van der Waals surface area contributed by atoms with Crippen molar-refractivity contribution in [3.05, 3.63) is 0 Å². The summed E-state index contributed by atoms with van der Waals surface area (Å²) in [5, 5.41) is 2.59. The molecule has 0 heterocycles. The van der Waals surface area contributed by atoms with Gasteiger partial charge in [-0.25, -0.2) is 0 Å². The molecule has 36 valence electrons. The molecule has 4 nitrogen and oxygen atoms in total. The van der Waals surface area contributed by atoms with Gasteiger partial charge in [0.25, 0.3) is 0 Å². The second-order valence-corrected chi connectivity index (χ2v) is 1.04. The van der Waals surface area contributed by atoms with Crippen LogP contribution >= 0.6 is 0 Å². The fourth-order valence-corrected chi connectivity index (χ4v) is 0.141. The third-order valence-electron chi connectivity index (χ3n) is 0.124. The highest BCUT2D eigenvalue weighted by atomic mass is 32.2. The Kier molecular flexibility index (Phi) is 2.39. The van der Waals surface area contributed by atoms with Crippen LogP contribution < -0.4 is 0 Å². The van der Waals surface area contributed by atoms with Crippen LogP contribution in [0.2, 0.25) is 0 Å². The monoisotopic (exact) mass is 109 g/mol. The van der Waals surface area contributed by atoms with Gasteiger partial charge < -0.3 is 0 Å². The zero-order valence-corrected chi connectivity index (χ0v) is 3.72. The molecule has 0 aliphatic rings. The Morgan fingerprint density at radius 3 is 2.17 bits per heavy atom. The Balaban J connectivity index is 3.32. The molecule has 0 atom stereocenters. The number of hydrogen-bond acceptors (Lipinski definition) is 4. The highest BCUT2D eigenvalue weighted by Gasteiger charge is 1.67. The molecule has 0 aliphatic carbocycles. The second-order valence-electron chi connectivity index (χ2n) is 0.434. The highest BCUT2D eigenvalue weighted by Crippen LogP contribution is 1.65. The van der Waals surface area contributed by atoms with Gasteiger partial charge >= 0.3 is 11.0 Å². The fraction of sp³-hybridized carbons (Fsp3) is 0. The van der Waals surface area contributed by atoms with Crippen molar-refractivity contribution in [1.29, 1.82) is 0 Å². The van der Waals surface area contributed by atoms with E-state index in [9.17, 15) is 8.42 Å². The maximum absolute atomic E-state index is 9.28. The van der Waals surface area contributed by atoms with Crippen LogP contribution in [0.15, 0.2) is 5.16 Å². The third kappa shape index (κ3) is 3.42. The van der Waals surface area contributed by atoms with Gasteiger partial charge in [-0.15, -0.1) is 0 Å². The minimum absolute atomic E-state index is 2.59. The van der Waals surface area contributed by atoms with Gasteiger partial charge in [-0.2, -0.15) is 8.42 Å². The third-order valence-corrected chi connectivity index (χ3v) is 0.373. The quantitative estimate of drug-likeness (QED) is 0.285. The molecule has 0 aromatic rings.